The number of anilines is 1. The van der Waals surface area contributed by atoms with Gasteiger partial charge in [-0.3, -0.25) is 0 Å². The van der Waals surface area contributed by atoms with E-state index in [-0.39, 0.29) is 22.9 Å². The number of hydrogen-bond acceptors (Lipinski definition) is 6. The van der Waals surface area contributed by atoms with E-state index in [4.69, 9.17) is 0 Å². The van der Waals surface area contributed by atoms with Crippen LogP contribution in [0.5, 0.6) is 5.75 Å². The zero-order chi connectivity index (χ0) is 20.5. The van der Waals surface area contributed by atoms with Crippen LogP contribution in [0.25, 0.3) is 11.3 Å². The number of benzene rings is 1. The molecule has 2 heterocycles. The standard InChI is InChI=1S/C19H20F3N5O/c1-11-15(9-23)18(24-13-4-3-7-27(2)10-13)26-25-17(11)14-6-5-12(8-16(14)28)19(20,21)22/h5-6,8,13,28H,3-4,7,10H2,1-2H3,(H,24,26). The SMILES string of the molecule is Cc1c(-c2ccc(C(F)(F)F)cc2O)nnc(NC2CCCN(C)C2)c1C#N. The van der Waals surface area contributed by atoms with E-state index in [9.17, 15) is 23.5 Å². The van der Waals surface area contributed by atoms with Crippen LogP contribution in [0.4, 0.5) is 19.0 Å². The predicted molar refractivity (Wildman–Crippen MR) is 97.7 cm³/mol. The van der Waals surface area contributed by atoms with Gasteiger partial charge in [0.15, 0.2) is 5.82 Å². The minimum absolute atomic E-state index is 0.0958. The number of likely N-dealkylation sites (tertiary alicyclic amines) is 1. The Bertz CT molecular complexity index is 923. The number of rotatable bonds is 3. The van der Waals surface area contributed by atoms with Crippen LogP contribution in [-0.2, 0) is 6.18 Å². The number of likely N-dealkylation sites (N-methyl/N-ethyl adjacent to an activating group) is 1. The lowest BCUT2D eigenvalue weighted by Gasteiger charge is -2.30. The van der Waals surface area contributed by atoms with Crippen LogP contribution in [0.15, 0.2) is 18.2 Å². The maximum atomic E-state index is 12.8. The molecule has 0 saturated carbocycles. The minimum Gasteiger partial charge on any atom is -0.507 e. The molecule has 0 bridgehead atoms. The second-order valence-electron chi connectivity index (χ2n) is 6.98. The fourth-order valence-corrected chi connectivity index (χ4v) is 3.40. The molecule has 1 aromatic carbocycles. The number of nitriles is 1. The van der Waals surface area contributed by atoms with Gasteiger partial charge in [0.1, 0.15) is 23.1 Å². The summed E-state index contributed by atoms with van der Waals surface area (Å²) in [6, 6.07) is 4.87. The molecule has 1 aromatic heterocycles. The average molecular weight is 391 g/mol. The molecule has 1 aliphatic rings. The van der Waals surface area contributed by atoms with Gasteiger partial charge in [0.25, 0.3) is 0 Å². The number of nitrogens with one attached hydrogen (secondary N) is 1. The normalized spacial score (nSPS) is 17.9. The van der Waals surface area contributed by atoms with Crippen LogP contribution in [0.1, 0.15) is 29.5 Å². The Morgan fingerprint density at radius 3 is 2.68 bits per heavy atom. The largest absolute Gasteiger partial charge is 0.507 e. The van der Waals surface area contributed by atoms with Crippen LogP contribution < -0.4 is 5.32 Å². The quantitative estimate of drug-likeness (QED) is 0.832. The van der Waals surface area contributed by atoms with Crippen molar-refractivity contribution in [3.8, 4) is 23.1 Å². The van der Waals surface area contributed by atoms with Gasteiger partial charge in [-0.15, -0.1) is 10.2 Å². The molecular weight excluding hydrogens is 371 g/mol. The summed E-state index contributed by atoms with van der Waals surface area (Å²) in [6.45, 7) is 3.46. The van der Waals surface area contributed by atoms with Crippen LogP contribution >= 0.6 is 0 Å². The molecule has 1 atom stereocenters. The van der Waals surface area contributed by atoms with E-state index in [1.165, 1.54) is 0 Å². The first-order valence-electron chi connectivity index (χ1n) is 8.83. The molecule has 1 saturated heterocycles. The van der Waals surface area contributed by atoms with Crippen molar-refractivity contribution in [1.29, 1.82) is 5.26 Å². The highest BCUT2D eigenvalue weighted by atomic mass is 19.4. The summed E-state index contributed by atoms with van der Waals surface area (Å²) in [6.07, 6.45) is -2.59. The highest BCUT2D eigenvalue weighted by molar-refractivity contribution is 5.74. The Morgan fingerprint density at radius 1 is 1.32 bits per heavy atom. The van der Waals surface area contributed by atoms with Gasteiger partial charge in [0.05, 0.1) is 5.56 Å². The molecular formula is C19H20F3N5O. The van der Waals surface area contributed by atoms with Gasteiger partial charge < -0.3 is 15.3 Å². The van der Waals surface area contributed by atoms with E-state index in [1.807, 2.05) is 7.05 Å². The van der Waals surface area contributed by atoms with Gasteiger partial charge in [-0.1, -0.05) is 0 Å². The number of aromatic hydroxyl groups is 1. The van der Waals surface area contributed by atoms with Gasteiger partial charge in [0.2, 0.25) is 0 Å². The monoisotopic (exact) mass is 391 g/mol. The number of phenolic OH excluding ortho intramolecular Hbond substituents is 1. The fraction of sp³-hybridized carbons (Fsp3) is 0.421. The molecule has 2 aromatic rings. The van der Waals surface area contributed by atoms with Crippen molar-refractivity contribution in [3.63, 3.8) is 0 Å². The molecule has 148 valence electrons. The summed E-state index contributed by atoms with van der Waals surface area (Å²) in [5.74, 6) is -0.221. The number of halogens is 3. The van der Waals surface area contributed by atoms with Crippen LogP contribution in [0, 0.1) is 18.3 Å². The van der Waals surface area contributed by atoms with E-state index in [0.29, 0.717) is 17.4 Å². The van der Waals surface area contributed by atoms with E-state index in [1.54, 1.807) is 6.92 Å². The Hall–Kier alpha value is -2.86. The molecule has 0 radical (unpaired) electrons. The third-order valence-electron chi connectivity index (χ3n) is 4.87. The molecule has 0 amide bonds. The topological polar surface area (TPSA) is 85.1 Å². The zero-order valence-corrected chi connectivity index (χ0v) is 15.5. The molecule has 0 spiro atoms. The maximum Gasteiger partial charge on any atom is 0.416 e. The molecule has 1 aliphatic heterocycles. The summed E-state index contributed by atoms with van der Waals surface area (Å²) in [4.78, 5) is 2.18. The number of phenols is 1. The summed E-state index contributed by atoms with van der Waals surface area (Å²) in [5.41, 5.74) is 0.0175. The lowest BCUT2D eigenvalue weighted by molar-refractivity contribution is -0.137. The first-order chi connectivity index (χ1) is 13.2. The summed E-state index contributed by atoms with van der Waals surface area (Å²) in [5, 5.41) is 31.1. The van der Waals surface area contributed by atoms with Crippen molar-refractivity contribution < 1.29 is 18.3 Å². The number of hydrogen-bond donors (Lipinski definition) is 2. The Labute approximate surface area is 160 Å². The molecule has 3 rings (SSSR count). The Kier molecular flexibility index (Phi) is 5.42. The fourth-order valence-electron chi connectivity index (χ4n) is 3.40. The molecule has 1 fully saturated rings. The second-order valence-corrected chi connectivity index (χ2v) is 6.98. The van der Waals surface area contributed by atoms with Crippen molar-refractivity contribution >= 4 is 5.82 Å². The maximum absolute atomic E-state index is 12.8. The lowest BCUT2D eigenvalue weighted by atomic mass is 10.0. The summed E-state index contributed by atoms with van der Waals surface area (Å²) < 4.78 is 38.4. The first-order valence-corrected chi connectivity index (χ1v) is 8.83. The van der Waals surface area contributed by atoms with Crippen molar-refractivity contribution in [1.82, 2.24) is 15.1 Å². The highest BCUT2D eigenvalue weighted by Gasteiger charge is 2.31. The van der Waals surface area contributed by atoms with Crippen molar-refractivity contribution in [2.45, 2.75) is 32.0 Å². The van der Waals surface area contributed by atoms with Gasteiger partial charge in [-0.25, -0.2) is 0 Å². The Balaban J connectivity index is 1.95. The van der Waals surface area contributed by atoms with E-state index in [2.05, 4.69) is 26.5 Å². The molecule has 28 heavy (non-hydrogen) atoms. The minimum atomic E-state index is -4.56. The highest BCUT2D eigenvalue weighted by Crippen LogP contribution is 2.37. The van der Waals surface area contributed by atoms with E-state index < -0.39 is 17.5 Å². The van der Waals surface area contributed by atoms with Crippen molar-refractivity contribution in [2.75, 3.05) is 25.5 Å². The number of nitrogens with zero attached hydrogens (tertiary/aromatic N) is 4. The van der Waals surface area contributed by atoms with Crippen LogP contribution in [0.3, 0.4) is 0 Å². The number of aromatic nitrogens is 2. The molecule has 0 aliphatic carbocycles. The van der Waals surface area contributed by atoms with Crippen LogP contribution in [-0.4, -0.2) is 46.4 Å². The van der Waals surface area contributed by atoms with Crippen LogP contribution in [0.2, 0.25) is 0 Å². The first kappa shape index (κ1) is 19.9. The smallest absolute Gasteiger partial charge is 0.416 e. The molecule has 6 nitrogen and oxygen atoms in total. The number of piperidine rings is 1. The van der Waals surface area contributed by atoms with Crippen molar-refractivity contribution in [2.24, 2.45) is 0 Å². The number of alkyl halides is 3. The third kappa shape index (κ3) is 4.02. The van der Waals surface area contributed by atoms with E-state index in [0.717, 1.165) is 38.1 Å². The molecule has 2 N–H and O–H groups in total. The molecule has 9 heteroatoms. The third-order valence-corrected chi connectivity index (χ3v) is 4.87. The predicted octanol–water partition coefficient (Wildman–Crippen LogP) is 3.55. The van der Waals surface area contributed by atoms with Gasteiger partial charge in [-0.2, -0.15) is 18.4 Å². The summed E-state index contributed by atoms with van der Waals surface area (Å²) in [7, 11) is 2.02. The van der Waals surface area contributed by atoms with Gasteiger partial charge >= 0.3 is 6.18 Å². The zero-order valence-electron chi connectivity index (χ0n) is 15.5. The summed E-state index contributed by atoms with van der Waals surface area (Å²) >= 11 is 0. The van der Waals surface area contributed by atoms with E-state index >= 15 is 0 Å². The van der Waals surface area contributed by atoms with Crippen molar-refractivity contribution in [3.05, 3.63) is 34.9 Å². The lowest BCUT2D eigenvalue weighted by Crippen LogP contribution is -2.40. The van der Waals surface area contributed by atoms with Gasteiger partial charge in [-0.05, 0) is 57.1 Å². The molecule has 1 unspecified atom stereocenters. The van der Waals surface area contributed by atoms with Gasteiger partial charge in [0, 0.05) is 18.2 Å². The average Bonchev–Trinajstić information content (AvgIpc) is 2.62. The Morgan fingerprint density at radius 2 is 2.07 bits per heavy atom. The second kappa shape index (κ2) is 7.64.